The summed E-state index contributed by atoms with van der Waals surface area (Å²) in [6.07, 6.45) is 12.8. The number of carbonyl (C=O) groups is 4. The van der Waals surface area contributed by atoms with Gasteiger partial charge < -0.3 is 19.6 Å². The van der Waals surface area contributed by atoms with Crippen LogP contribution in [0.1, 0.15) is 163 Å². The molecule has 8 nitrogen and oxygen atoms in total. The highest BCUT2D eigenvalue weighted by Crippen LogP contribution is 2.60. The number of hydrogen-bond donors (Lipinski definition) is 1. The lowest BCUT2D eigenvalue weighted by atomic mass is 9.68. The van der Waals surface area contributed by atoms with E-state index in [9.17, 15) is 19.2 Å². The first kappa shape index (κ1) is 49.4. The summed E-state index contributed by atoms with van der Waals surface area (Å²) in [5, 5.41) is 10.6. The zero-order valence-corrected chi connectivity index (χ0v) is 40.9. The first-order valence-electron chi connectivity index (χ1n) is 22.7. The third kappa shape index (κ3) is 11.4. The number of carboxylic acids is 1. The van der Waals surface area contributed by atoms with E-state index in [4.69, 9.17) is 33.0 Å². The van der Waals surface area contributed by atoms with Gasteiger partial charge in [-0.2, -0.15) is 0 Å². The Morgan fingerprint density at radius 3 is 1.44 bits per heavy atom. The Bertz CT molecular complexity index is 2090. The van der Waals surface area contributed by atoms with Crippen molar-refractivity contribution in [3.63, 3.8) is 0 Å². The number of nitrogens with zero attached hydrogens (tertiary/aromatic N) is 2. The second kappa shape index (κ2) is 18.8. The quantitative estimate of drug-likeness (QED) is 0.201. The number of aryl methyl sites for hydroxylation is 2. The molecule has 2 unspecified atom stereocenters. The first-order valence-corrected chi connectivity index (χ1v) is 23.5. The predicted octanol–water partition coefficient (Wildman–Crippen LogP) is 12.4. The molecule has 2 saturated carbocycles. The highest BCUT2D eigenvalue weighted by Gasteiger charge is 2.54. The Hall–Kier alpha value is -3.62. The lowest BCUT2D eigenvalue weighted by molar-refractivity contribution is -0.144. The number of hydrogen-bond acceptors (Lipinski definition) is 5. The average molecular weight is 892 g/mol. The second-order valence-corrected chi connectivity index (χ2v) is 22.8. The van der Waals surface area contributed by atoms with E-state index in [-0.39, 0.29) is 69.7 Å². The van der Waals surface area contributed by atoms with Crippen LogP contribution in [0.2, 0.25) is 10.0 Å². The third-order valence-corrected chi connectivity index (χ3v) is 14.6. The Balaban J connectivity index is 0.000000235. The number of aliphatic carboxylic acids is 1. The van der Waals surface area contributed by atoms with Gasteiger partial charge in [0.2, 0.25) is 11.8 Å². The van der Waals surface area contributed by atoms with Crippen molar-refractivity contribution in [1.82, 2.24) is 9.80 Å². The van der Waals surface area contributed by atoms with E-state index in [1.54, 1.807) is 16.7 Å². The van der Waals surface area contributed by atoms with Crippen LogP contribution in [-0.2, 0) is 47.6 Å². The number of amides is 2. The number of benzene rings is 2. The van der Waals surface area contributed by atoms with Crippen LogP contribution in [0.4, 0.5) is 0 Å². The number of fused-ring (bicyclic) bond motifs is 2. The highest BCUT2D eigenvalue weighted by atomic mass is 35.5. The molecule has 62 heavy (non-hydrogen) atoms. The van der Waals surface area contributed by atoms with Crippen LogP contribution in [0.15, 0.2) is 59.9 Å². The van der Waals surface area contributed by atoms with Crippen molar-refractivity contribution in [2.24, 2.45) is 21.7 Å². The van der Waals surface area contributed by atoms with Gasteiger partial charge in [0.1, 0.15) is 0 Å². The molecule has 0 spiro atoms. The lowest BCUT2D eigenvalue weighted by Crippen LogP contribution is -2.43. The number of allylic oxidation sites excluding steroid dienone is 2. The Morgan fingerprint density at radius 1 is 0.677 bits per heavy atom. The molecule has 2 atom stereocenters. The van der Waals surface area contributed by atoms with Gasteiger partial charge in [0.15, 0.2) is 0 Å². The molecular formula is C52H72Cl2N2O6. The molecule has 2 aliphatic carbocycles. The minimum Gasteiger partial charge on any atom is -0.481 e. The van der Waals surface area contributed by atoms with Gasteiger partial charge in [0.25, 0.3) is 0 Å². The van der Waals surface area contributed by atoms with Crippen LogP contribution >= 0.6 is 23.2 Å². The van der Waals surface area contributed by atoms with Gasteiger partial charge in [-0.05, 0) is 125 Å². The number of carbonyl (C=O) groups excluding carboxylic acids is 3. The summed E-state index contributed by atoms with van der Waals surface area (Å²) in [5.41, 5.74) is 6.86. The van der Waals surface area contributed by atoms with E-state index >= 15 is 0 Å². The number of carboxylic acid groups (broad SMARTS) is 1. The van der Waals surface area contributed by atoms with E-state index in [1.165, 1.54) is 16.7 Å². The van der Waals surface area contributed by atoms with E-state index in [0.29, 0.717) is 26.0 Å². The van der Waals surface area contributed by atoms with Crippen molar-refractivity contribution in [1.29, 1.82) is 0 Å². The number of esters is 1. The zero-order valence-electron chi connectivity index (χ0n) is 39.4. The standard InChI is InChI=1S/C27H38ClNO3.C25H34ClNO3/c1-7-32-24(31)11-15-29-18-22-26(5,6)13-14-27(22,17-23(29)30)20-9-8-19(21(28)16-20)10-12-25(2,3)4;1-23(2,3)10-8-17-6-7-18(14-19(17)26)25-12-11-24(4,5)20(25)16-27(21(28)15-25)13-9-22(29)30/h8-9,16,18H,7,10-15,17H2,1-6H3;6-7,14,16H,8-13,15H2,1-5H3,(H,29,30). The number of ether oxygens (including phenoxy) is 1. The van der Waals surface area contributed by atoms with Crippen LogP contribution in [0.3, 0.4) is 0 Å². The molecule has 0 bridgehead atoms. The molecule has 1 N–H and O–H groups in total. The van der Waals surface area contributed by atoms with Gasteiger partial charge in [-0.3, -0.25) is 19.2 Å². The van der Waals surface area contributed by atoms with Gasteiger partial charge in [0, 0.05) is 59.2 Å². The molecule has 2 aromatic rings. The molecule has 10 heteroatoms. The van der Waals surface area contributed by atoms with Crippen LogP contribution in [0.5, 0.6) is 0 Å². The van der Waals surface area contributed by atoms with Gasteiger partial charge in [-0.15, -0.1) is 0 Å². The largest absolute Gasteiger partial charge is 0.481 e. The minimum absolute atomic E-state index is 0.00867. The molecule has 4 aliphatic rings. The van der Waals surface area contributed by atoms with Crippen molar-refractivity contribution >= 4 is 47.0 Å². The Labute approximate surface area is 381 Å². The monoisotopic (exact) mass is 890 g/mol. The maximum Gasteiger partial charge on any atom is 0.307 e. The van der Waals surface area contributed by atoms with E-state index in [0.717, 1.165) is 78.1 Å². The second-order valence-electron chi connectivity index (χ2n) is 22.0. The lowest BCUT2D eigenvalue weighted by Gasteiger charge is -2.41. The van der Waals surface area contributed by atoms with Crippen LogP contribution in [0, 0.1) is 21.7 Å². The molecule has 6 rings (SSSR count). The molecule has 2 heterocycles. The van der Waals surface area contributed by atoms with E-state index < -0.39 is 5.97 Å². The molecule has 0 radical (unpaired) electrons. The highest BCUT2D eigenvalue weighted by molar-refractivity contribution is 6.31. The summed E-state index contributed by atoms with van der Waals surface area (Å²) in [6.45, 7) is 25.1. The number of rotatable bonds is 13. The summed E-state index contributed by atoms with van der Waals surface area (Å²) < 4.78 is 5.04. The van der Waals surface area contributed by atoms with Crippen molar-refractivity contribution in [3.8, 4) is 0 Å². The van der Waals surface area contributed by atoms with Crippen LogP contribution < -0.4 is 0 Å². The predicted molar refractivity (Wildman–Crippen MR) is 250 cm³/mol. The van der Waals surface area contributed by atoms with E-state index in [1.807, 2.05) is 12.4 Å². The van der Waals surface area contributed by atoms with Crippen molar-refractivity contribution < 1.29 is 29.0 Å². The fourth-order valence-corrected chi connectivity index (χ4v) is 10.5. The maximum absolute atomic E-state index is 13.2. The van der Waals surface area contributed by atoms with Gasteiger partial charge in [-0.25, -0.2) is 0 Å². The van der Waals surface area contributed by atoms with Crippen molar-refractivity contribution in [3.05, 3.63) is 92.2 Å². The van der Waals surface area contributed by atoms with Crippen LogP contribution in [0.25, 0.3) is 0 Å². The molecular weight excluding hydrogens is 819 g/mol. The first-order chi connectivity index (χ1) is 28.7. The molecule has 2 fully saturated rings. The van der Waals surface area contributed by atoms with E-state index in [2.05, 4.69) is 106 Å². The third-order valence-electron chi connectivity index (χ3n) is 13.9. The van der Waals surface area contributed by atoms with Crippen molar-refractivity contribution in [2.75, 3.05) is 19.7 Å². The summed E-state index contributed by atoms with van der Waals surface area (Å²) in [5.74, 6) is -1.10. The smallest absolute Gasteiger partial charge is 0.307 e. The molecule has 2 amide bonds. The number of halogens is 2. The Morgan fingerprint density at radius 2 is 1.08 bits per heavy atom. The fourth-order valence-electron chi connectivity index (χ4n) is 9.98. The Kier molecular flexibility index (Phi) is 15.0. The summed E-state index contributed by atoms with van der Waals surface area (Å²) in [6, 6.07) is 12.8. The average Bonchev–Trinajstić information content (AvgIpc) is 3.59. The molecule has 0 saturated heterocycles. The summed E-state index contributed by atoms with van der Waals surface area (Å²) >= 11 is 13.5. The van der Waals surface area contributed by atoms with Gasteiger partial charge in [-0.1, -0.05) is 117 Å². The van der Waals surface area contributed by atoms with Crippen LogP contribution in [-0.4, -0.2) is 58.4 Å². The summed E-state index contributed by atoms with van der Waals surface area (Å²) in [7, 11) is 0. The van der Waals surface area contributed by atoms with Gasteiger partial charge in [0.05, 0.1) is 19.4 Å². The SMILES string of the molecule is CC(C)(C)CCc1ccc(C23CCC(C)(C)C2=CN(CCC(=O)O)C(=O)C3)cc1Cl.CCOC(=O)CCN1C=C2C(C)(C)CCC2(c2ccc(CCC(C)(C)C)c(Cl)c2)CC1=O. The van der Waals surface area contributed by atoms with Crippen molar-refractivity contribution in [2.45, 2.75) is 164 Å². The zero-order chi connectivity index (χ0) is 46.1. The molecule has 2 aliphatic heterocycles. The fraction of sp³-hybridized carbons (Fsp3) is 0.615. The molecule has 340 valence electrons. The normalized spacial score (nSPS) is 22.9. The summed E-state index contributed by atoms with van der Waals surface area (Å²) in [4.78, 5) is 52.3. The molecule has 0 aromatic heterocycles. The minimum atomic E-state index is -0.888. The maximum atomic E-state index is 13.2. The van der Waals surface area contributed by atoms with Gasteiger partial charge >= 0.3 is 11.9 Å². The molecule has 2 aromatic carbocycles. The topological polar surface area (TPSA) is 104 Å².